The van der Waals surface area contributed by atoms with Crippen LogP contribution in [0.25, 0.3) is 0 Å². The summed E-state index contributed by atoms with van der Waals surface area (Å²) in [7, 11) is 0. The van der Waals surface area contributed by atoms with Gasteiger partial charge in [-0.3, -0.25) is 14.4 Å². The number of fused-ring (bicyclic) bond motifs is 3. The van der Waals surface area contributed by atoms with Crippen LogP contribution in [0.2, 0.25) is 0 Å². The molecule has 0 aromatic carbocycles. The van der Waals surface area contributed by atoms with Crippen LogP contribution >= 0.6 is 0 Å². The average Bonchev–Trinajstić information content (AvgIpc) is 3.32. The molecule has 0 bridgehead atoms. The fourth-order valence-corrected chi connectivity index (χ4v) is 8.34. The number of carbonyl (C=O) groups is 3. The van der Waals surface area contributed by atoms with Gasteiger partial charge < -0.3 is 9.84 Å². The van der Waals surface area contributed by atoms with E-state index in [9.17, 15) is 19.5 Å². The molecule has 158 valence electrons. The molecule has 4 aliphatic carbocycles. The molecule has 0 radical (unpaired) electrons. The number of hydrogen-bond acceptors (Lipinski definition) is 5. The Balaban J connectivity index is 1.74. The van der Waals surface area contributed by atoms with Crippen molar-refractivity contribution in [1.82, 2.24) is 0 Å². The number of carbonyl (C=O) groups excluding carboxylic acids is 3. The number of rotatable bonds is 1. The Labute approximate surface area is 172 Å². The van der Waals surface area contributed by atoms with E-state index in [4.69, 9.17) is 4.74 Å². The highest BCUT2D eigenvalue weighted by Gasteiger charge is 2.85. The van der Waals surface area contributed by atoms with E-state index in [-0.39, 0.29) is 34.8 Å². The maximum Gasteiger partial charge on any atom is 0.163 e. The molecule has 5 aliphatic rings. The third kappa shape index (κ3) is 1.77. The fourth-order valence-electron chi connectivity index (χ4n) is 8.34. The van der Waals surface area contributed by atoms with Gasteiger partial charge in [0.1, 0.15) is 17.2 Å². The Bertz CT molecular complexity index is 901. The first-order valence-electron chi connectivity index (χ1n) is 11.0. The molecule has 1 saturated heterocycles. The quantitative estimate of drug-likeness (QED) is 0.684. The van der Waals surface area contributed by atoms with E-state index in [0.717, 1.165) is 12.0 Å². The summed E-state index contributed by atoms with van der Waals surface area (Å²) in [6.07, 6.45) is 3.12. The molecule has 0 amide bonds. The van der Waals surface area contributed by atoms with Gasteiger partial charge in [-0.2, -0.15) is 0 Å². The van der Waals surface area contributed by atoms with Crippen LogP contribution in [0.15, 0.2) is 11.6 Å². The molecule has 5 rings (SSSR count). The molecule has 1 heterocycles. The predicted molar refractivity (Wildman–Crippen MR) is 106 cm³/mol. The molecule has 1 spiro atoms. The van der Waals surface area contributed by atoms with Crippen molar-refractivity contribution in [2.45, 2.75) is 85.0 Å². The Morgan fingerprint density at radius 1 is 1.14 bits per heavy atom. The lowest BCUT2D eigenvalue weighted by Crippen LogP contribution is -2.65. The summed E-state index contributed by atoms with van der Waals surface area (Å²) in [5.74, 6) is -0.223. The molecule has 5 nitrogen and oxygen atoms in total. The summed E-state index contributed by atoms with van der Waals surface area (Å²) >= 11 is 0. The van der Waals surface area contributed by atoms with E-state index in [1.807, 2.05) is 27.7 Å². The van der Waals surface area contributed by atoms with Crippen LogP contribution in [0.4, 0.5) is 0 Å². The van der Waals surface area contributed by atoms with Gasteiger partial charge in [0.05, 0.1) is 17.6 Å². The molecule has 29 heavy (non-hydrogen) atoms. The van der Waals surface area contributed by atoms with Crippen molar-refractivity contribution >= 4 is 17.3 Å². The van der Waals surface area contributed by atoms with Gasteiger partial charge >= 0.3 is 0 Å². The van der Waals surface area contributed by atoms with Gasteiger partial charge in [-0.25, -0.2) is 0 Å². The molecular weight excluding hydrogens is 368 g/mol. The standard InChI is InChI=1S/C24H32O5/c1-12(25)13-9-18(28)23(6)22(13,5)17(27)10-15-21(4)8-7-16(26)20(2,3)14(21)11-19-24(15,23)29-19/h10,13-14,18-19,28H,7-9,11H2,1-6H3. The number of aliphatic hydroxyl groups is 1. The minimum absolute atomic E-state index is 0.0432. The van der Waals surface area contributed by atoms with Gasteiger partial charge in [0, 0.05) is 23.2 Å². The van der Waals surface area contributed by atoms with Crippen LogP contribution in [0.3, 0.4) is 0 Å². The van der Waals surface area contributed by atoms with Crippen molar-refractivity contribution in [3.8, 4) is 0 Å². The number of hydrogen-bond donors (Lipinski definition) is 1. The van der Waals surface area contributed by atoms with E-state index in [0.29, 0.717) is 19.3 Å². The molecule has 8 unspecified atom stereocenters. The second-order valence-corrected chi connectivity index (χ2v) is 11.4. The smallest absolute Gasteiger partial charge is 0.163 e. The number of aliphatic hydroxyl groups excluding tert-OH is 1. The number of ketones is 3. The highest BCUT2D eigenvalue weighted by atomic mass is 16.6. The summed E-state index contributed by atoms with van der Waals surface area (Å²) in [4.78, 5) is 38.8. The van der Waals surface area contributed by atoms with Crippen LogP contribution in [0.1, 0.15) is 67.2 Å². The van der Waals surface area contributed by atoms with Crippen molar-refractivity contribution < 1.29 is 24.2 Å². The maximum absolute atomic E-state index is 13.7. The molecule has 1 aliphatic heterocycles. The molecule has 1 N–H and O–H groups in total. The molecule has 4 fully saturated rings. The Morgan fingerprint density at radius 3 is 2.41 bits per heavy atom. The topological polar surface area (TPSA) is 84.0 Å². The van der Waals surface area contributed by atoms with Crippen molar-refractivity contribution in [3.05, 3.63) is 11.6 Å². The first-order chi connectivity index (χ1) is 13.3. The van der Waals surface area contributed by atoms with E-state index in [2.05, 4.69) is 6.92 Å². The SMILES string of the molecule is CC(=O)C1CC(O)C2(C)C1(C)C(=O)C=C1C3(C)CCC(=O)C(C)(C)C3CC3OC132. The Morgan fingerprint density at radius 2 is 1.79 bits per heavy atom. The van der Waals surface area contributed by atoms with E-state index < -0.39 is 33.9 Å². The van der Waals surface area contributed by atoms with Gasteiger partial charge in [-0.05, 0) is 49.2 Å². The summed E-state index contributed by atoms with van der Waals surface area (Å²) < 4.78 is 6.48. The maximum atomic E-state index is 13.7. The molecular formula is C24H32O5. The lowest BCUT2D eigenvalue weighted by molar-refractivity contribution is -0.152. The molecule has 3 saturated carbocycles. The third-order valence-corrected chi connectivity index (χ3v) is 10.4. The van der Waals surface area contributed by atoms with Crippen molar-refractivity contribution in [3.63, 3.8) is 0 Å². The summed E-state index contributed by atoms with van der Waals surface area (Å²) in [5, 5.41) is 11.3. The Kier molecular flexibility index (Phi) is 3.45. The number of Topliss-reactive ketones (excluding diaryl/α,β-unsaturated/α-hetero) is 2. The summed E-state index contributed by atoms with van der Waals surface area (Å²) in [6.45, 7) is 11.6. The van der Waals surface area contributed by atoms with Gasteiger partial charge in [-0.15, -0.1) is 0 Å². The van der Waals surface area contributed by atoms with E-state index in [1.165, 1.54) is 6.92 Å². The lowest BCUT2D eigenvalue weighted by atomic mass is 9.40. The second-order valence-electron chi connectivity index (χ2n) is 11.4. The lowest BCUT2D eigenvalue weighted by Gasteiger charge is -2.60. The van der Waals surface area contributed by atoms with Crippen molar-refractivity contribution in [1.29, 1.82) is 0 Å². The van der Waals surface area contributed by atoms with Gasteiger partial charge in [0.25, 0.3) is 0 Å². The fraction of sp³-hybridized carbons (Fsp3) is 0.792. The first kappa shape index (κ1) is 19.6. The van der Waals surface area contributed by atoms with Gasteiger partial charge in [0.15, 0.2) is 5.78 Å². The zero-order valence-corrected chi connectivity index (χ0v) is 18.3. The van der Waals surface area contributed by atoms with Crippen LogP contribution in [0.5, 0.6) is 0 Å². The normalized spacial score (nSPS) is 54.7. The van der Waals surface area contributed by atoms with Gasteiger partial charge in [0.2, 0.25) is 0 Å². The van der Waals surface area contributed by atoms with E-state index >= 15 is 0 Å². The monoisotopic (exact) mass is 400 g/mol. The number of allylic oxidation sites excluding steroid dienone is 1. The first-order valence-corrected chi connectivity index (χ1v) is 11.0. The molecule has 0 aromatic heterocycles. The summed E-state index contributed by atoms with van der Waals surface area (Å²) in [5.41, 5.74) is -2.34. The largest absolute Gasteiger partial charge is 0.392 e. The van der Waals surface area contributed by atoms with Crippen LogP contribution in [-0.2, 0) is 19.1 Å². The van der Waals surface area contributed by atoms with E-state index in [1.54, 1.807) is 6.08 Å². The molecule has 0 aromatic rings. The highest BCUT2D eigenvalue weighted by molar-refractivity contribution is 6.03. The third-order valence-electron chi connectivity index (χ3n) is 10.4. The number of ether oxygens (including phenoxy) is 1. The van der Waals surface area contributed by atoms with Crippen molar-refractivity contribution in [2.75, 3.05) is 0 Å². The zero-order valence-electron chi connectivity index (χ0n) is 18.3. The molecule has 5 heteroatoms. The van der Waals surface area contributed by atoms with Gasteiger partial charge in [-0.1, -0.05) is 34.6 Å². The summed E-state index contributed by atoms with van der Waals surface area (Å²) in [6, 6.07) is 0. The minimum atomic E-state index is -0.973. The second kappa shape index (κ2) is 5.11. The number of epoxide rings is 1. The van der Waals surface area contributed by atoms with Crippen LogP contribution < -0.4 is 0 Å². The van der Waals surface area contributed by atoms with Crippen LogP contribution in [0, 0.1) is 33.5 Å². The predicted octanol–water partition coefficient (Wildman–Crippen LogP) is 3.03. The average molecular weight is 401 g/mol. The molecule has 8 atom stereocenters. The Hall–Kier alpha value is -1.33. The van der Waals surface area contributed by atoms with Crippen molar-refractivity contribution in [2.24, 2.45) is 33.5 Å². The zero-order chi connectivity index (χ0) is 21.4. The minimum Gasteiger partial charge on any atom is -0.392 e. The van der Waals surface area contributed by atoms with Crippen LogP contribution in [-0.4, -0.2) is 40.3 Å². The highest BCUT2D eigenvalue weighted by Crippen LogP contribution is 2.79.